The number of esters is 1. The number of amides is 1. The third-order valence-corrected chi connectivity index (χ3v) is 6.11. The zero-order valence-corrected chi connectivity index (χ0v) is 16.3. The fourth-order valence-corrected chi connectivity index (χ4v) is 4.19. The second kappa shape index (κ2) is 8.33. The van der Waals surface area contributed by atoms with Gasteiger partial charge in [-0.1, -0.05) is 47.5 Å². The van der Waals surface area contributed by atoms with E-state index in [1.807, 2.05) is 31.2 Å². The molecule has 2 aromatic carbocycles. The number of rotatable bonds is 5. The van der Waals surface area contributed by atoms with Gasteiger partial charge in [-0.3, -0.25) is 9.59 Å². The van der Waals surface area contributed by atoms with Gasteiger partial charge in [0.1, 0.15) is 5.25 Å². The van der Waals surface area contributed by atoms with E-state index in [4.69, 9.17) is 27.9 Å². The van der Waals surface area contributed by atoms with E-state index in [1.54, 1.807) is 18.2 Å². The van der Waals surface area contributed by atoms with Crippen LogP contribution in [0.4, 0.5) is 0 Å². The zero-order chi connectivity index (χ0) is 18.7. The molecule has 1 N–H and O–H groups in total. The molecule has 0 saturated carbocycles. The molecule has 1 aliphatic rings. The zero-order valence-electron chi connectivity index (χ0n) is 14.0. The van der Waals surface area contributed by atoms with Crippen molar-refractivity contribution in [1.82, 2.24) is 5.32 Å². The molecule has 0 fully saturated rings. The summed E-state index contributed by atoms with van der Waals surface area (Å²) < 4.78 is 5.18. The highest BCUT2D eigenvalue weighted by atomic mass is 35.5. The van der Waals surface area contributed by atoms with Gasteiger partial charge >= 0.3 is 5.97 Å². The molecule has 2 unspecified atom stereocenters. The highest BCUT2D eigenvalue weighted by Gasteiger charge is 2.29. The number of thioether (sulfide) groups is 1. The lowest BCUT2D eigenvalue weighted by Gasteiger charge is -2.15. The molecule has 0 aromatic heterocycles. The summed E-state index contributed by atoms with van der Waals surface area (Å²) in [5.74, 6) is -0.735. The first kappa shape index (κ1) is 19.1. The van der Waals surface area contributed by atoms with Crippen molar-refractivity contribution in [3.63, 3.8) is 0 Å². The van der Waals surface area contributed by atoms with Gasteiger partial charge in [-0.15, -0.1) is 11.8 Å². The fourth-order valence-electron chi connectivity index (χ4n) is 2.69. The first-order chi connectivity index (χ1) is 12.4. The van der Waals surface area contributed by atoms with E-state index in [1.165, 1.54) is 11.8 Å². The normalized spacial score (nSPS) is 16.7. The van der Waals surface area contributed by atoms with Gasteiger partial charge in [0.05, 0.1) is 16.1 Å². The molecule has 136 valence electrons. The van der Waals surface area contributed by atoms with Crippen molar-refractivity contribution in [3.05, 3.63) is 63.6 Å². The van der Waals surface area contributed by atoms with Gasteiger partial charge in [-0.05, 0) is 42.7 Å². The second-order valence-corrected chi connectivity index (χ2v) is 8.05. The second-order valence-electron chi connectivity index (χ2n) is 5.99. The van der Waals surface area contributed by atoms with E-state index in [0.717, 1.165) is 16.0 Å². The van der Waals surface area contributed by atoms with Crippen LogP contribution in [0.15, 0.2) is 47.4 Å². The third-order valence-electron chi connectivity index (χ3n) is 4.08. The van der Waals surface area contributed by atoms with Gasteiger partial charge < -0.3 is 10.1 Å². The average molecular weight is 410 g/mol. The molecule has 2 aromatic rings. The van der Waals surface area contributed by atoms with Gasteiger partial charge in [0, 0.05) is 4.90 Å². The summed E-state index contributed by atoms with van der Waals surface area (Å²) in [6.45, 7) is 1.51. The van der Waals surface area contributed by atoms with Crippen LogP contribution in [0.1, 0.15) is 24.1 Å². The summed E-state index contributed by atoms with van der Waals surface area (Å²) in [6, 6.07) is 12.8. The Kier molecular flexibility index (Phi) is 6.12. The minimum absolute atomic E-state index is 0.277. The molecule has 0 saturated heterocycles. The van der Waals surface area contributed by atoms with Gasteiger partial charge in [0.15, 0.2) is 6.61 Å². The third kappa shape index (κ3) is 4.53. The van der Waals surface area contributed by atoms with Crippen LogP contribution in [0, 0.1) is 0 Å². The van der Waals surface area contributed by atoms with E-state index < -0.39 is 0 Å². The van der Waals surface area contributed by atoms with E-state index in [2.05, 4.69) is 5.32 Å². The number of nitrogens with one attached hydrogen (secondary N) is 1. The Hall–Kier alpha value is -1.69. The molecule has 4 nitrogen and oxygen atoms in total. The summed E-state index contributed by atoms with van der Waals surface area (Å²) in [4.78, 5) is 25.4. The number of hydrogen-bond donors (Lipinski definition) is 1. The van der Waals surface area contributed by atoms with Crippen molar-refractivity contribution >= 4 is 46.8 Å². The Morgan fingerprint density at radius 2 is 2.00 bits per heavy atom. The Labute approximate surface area is 166 Å². The van der Waals surface area contributed by atoms with Crippen molar-refractivity contribution in [2.45, 2.75) is 29.5 Å². The lowest BCUT2D eigenvalue weighted by Crippen LogP contribution is -2.32. The van der Waals surface area contributed by atoms with Crippen LogP contribution >= 0.6 is 35.0 Å². The van der Waals surface area contributed by atoms with Gasteiger partial charge in [0.25, 0.3) is 5.91 Å². The predicted molar refractivity (Wildman–Crippen MR) is 104 cm³/mol. The molecule has 7 heteroatoms. The van der Waals surface area contributed by atoms with Crippen molar-refractivity contribution in [1.29, 1.82) is 0 Å². The van der Waals surface area contributed by atoms with E-state index >= 15 is 0 Å². The highest BCUT2D eigenvalue weighted by Crippen LogP contribution is 2.37. The largest absolute Gasteiger partial charge is 0.455 e. The van der Waals surface area contributed by atoms with Gasteiger partial charge in [0.2, 0.25) is 0 Å². The van der Waals surface area contributed by atoms with E-state index in [9.17, 15) is 9.59 Å². The standard InChI is InChI=1S/C19H17Cl2NO3S/c1-11(12-6-7-14(20)15(21)8-12)22-18(23)10-25-19(24)17-9-13-4-2-3-5-16(13)26-17/h2-8,11,17H,9-10H2,1H3,(H,22,23). The molecule has 0 bridgehead atoms. The van der Waals surface area contributed by atoms with Crippen LogP contribution in [0.5, 0.6) is 0 Å². The van der Waals surface area contributed by atoms with Gasteiger partial charge in [-0.2, -0.15) is 0 Å². The fraction of sp³-hybridized carbons (Fsp3) is 0.263. The SMILES string of the molecule is CC(NC(=O)COC(=O)C1Cc2ccccc2S1)c1ccc(Cl)c(Cl)c1. The maximum absolute atomic E-state index is 12.2. The summed E-state index contributed by atoms with van der Waals surface area (Å²) in [6.07, 6.45) is 0.626. The molecule has 26 heavy (non-hydrogen) atoms. The first-order valence-corrected chi connectivity index (χ1v) is 9.73. The number of hydrogen-bond acceptors (Lipinski definition) is 4. The number of benzene rings is 2. The minimum atomic E-state index is -0.372. The number of carbonyl (C=O) groups excluding carboxylic acids is 2. The molecule has 0 spiro atoms. The molecule has 1 amide bonds. The van der Waals surface area contributed by atoms with Crippen molar-refractivity contribution in [2.24, 2.45) is 0 Å². The molecular weight excluding hydrogens is 393 g/mol. The van der Waals surface area contributed by atoms with Crippen molar-refractivity contribution in [3.8, 4) is 0 Å². The van der Waals surface area contributed by atoms with Crippen LogP contribution in [0.2, 0.25) is 10.0 Å². The Morgan fingerprint density at radius 1 is 1.23 bits per heavy atom. The summed E-state index contributed by atoms with van der Waals surface area (Å²) in [7, 11) is 0. The molecule has 1 aliphatic heterocycles. The maximum Gasteiger partial charge on any atom is 0.320 e. The highest BCUT2D eigenvalue weighted by molar-refractivity contribution is 8.01. The maximum atomic E-state index is 12.2. The number of halogens is 2. The number of carbonyl (C=O) groups is 2. The topological polar surface area (TPSA) is 55.4 Å². The van der Waals surface area contributed by atoms with Crippen LogP contribution in [-0.4, -0.2) is 23.7 Å². The van der Waals surface area contributed by atoms with Crippen LogP contribution in [0.3, 0.4) is 0 Å². The Balaban J connectivity index is 1.48. The summed E-state index contributed by atoms with van der Waals surface area (Å²) >= 11 is 13.4. The molecule has 1 heterocycles. The molecule has 2 atom stereocenters. The Bertz CT molecular complexity index is 818. The lowest BCUT2D eigenvalue weighted by atomic mass is 10.1. The van der Waals surface area contributed by atoms with Crippen LogP contribution in [0.25, 0.3) is 0 Å². The van der Waals surface area contributed by atoms with Crippen LogP contribution in [-0.2, 0) is 20.7 Å². The average Bonchev–Trinajstić information content (AvgIpc) is 3.06. The van der Waals surface area contributed by atoms with Gasteiger partial charge in [-0.25, -0.2) is 0 Å². The molecule has 0 radical (unpaired) electrons. The summed E-state index contributed by atoms with van der Waals surface area (Å²) in [5.41, 5.74) is 1.96. The first-order valence-electron chi connectivity index (χ1n) is 8.09. The molecule has 0 aliphatic carbocycles. The smallest absolute Gasteiger partial charge is 0.320 e. The van der Waals surface area contributed by atoms with Crippen molar-refractivity contribution in [2.75, 3.05) is 6.61 Å². The summed E-state index contributed by atoms with van der Waals surface area (Å²) in [5, 5.41) is 3.36. The minimum Gasteiger partial charge on any atom is -0.455 e. The molecule has 3 rings (SSSR count). The monoisotopic (exact) mass is 409 g/mol. The quantitative estimate of drug-likeness (QED) is 0.741. The van der Waals surface area contributed by atoms with E-state index in [-0.39, 0.29) is 29.8 Å². The number of fused-ring (bicyclic) bond motifs is 1. The predicted octanol–water partition coefficient (Wildman–Crippen LogP) is 4.43. The Morgan fingerprint density at radius 3 is 2.73 bits per heavy atom. The lowest BCUT2D eigenvalue weighted by molar-refractivity contribution is -0.148. The molecular formula is C19H17Cl2NO3S. The number of ether oxygens (including phenoxy) is 1. The van der Waals surface area contributed by atoms with E-state index in [0.29, 0.717) is 16.5 Å². The van der Waals surface area contributed by atoms with Crippen molar-refractivity contribution < 1.29 is 14.3 Å². The van der Waals surface area contributed by atoms with Crippen LogP contribution < -0.4 is 5.32 Å².